The average Bonchev–Trinajstić information content (AvgIpc) is 2.44. The average molecular weight is 389 g/mol. The van der Waals surface area contributed by atoms with Crippen LogP contribution in [0.4, 0.5) is 5.82 Å². The summed E-state index contributed by atoms with van der Waals surface area (Å²) < 4.78 is 6.53. The van der Waals surface area contributed by atoms with E-state index in [1.165, 1.54) is 11.8 Å². The Labute approximate surface area is 141 Å². The molecule has 1 aromatic carbocycles. The maximum atomic E-state index is 5.88. The summed E-state index contributed by atoms with van der Waals surface area (Å²) in [6.45, 7) is 2.59. The first kappa shape index (κ1) is 16.4. The molecule has 0 aliphatic heterocycles. The Morgan fingerprint density at radius 1 is 1.33 bits per heavy atom. The number of nitrogen functional groups attached to an aromatic ring is 1. The molecule has 0 unspecified atom stereocenters. The van der Waals surface area contributed by atoms with Crippen molar-refractivity contribution in [3.8, 4) is 5.75 Å². The van der Waals surface area contributed by atoms with E-state index >= 15 is 0 Å². The summed E-state index contributed by atoms with van der Waals surface area (Å²) in [5, 5.41) is 1.36. The van der Waals surface area contributed by atoms with Gasteiger partial charge in [-0.25, -0.2) is 9.97 Å². The molecule has 1 heterocycles. The summed E-state index contributed by atoms with van der Waals surface area (Å²) in [5.41, 5.74) is 6.70. The van der Waals surface area contributed by atoms with E-state index < -0.39 is 0 Å². The molecule has 112 valence electrons. The molecule has 2 aromatic rings. The standard InChI is InChI=1S/C14H15BrClN3OS/c1-2-10-8-13(17)19-14(18-10)21-6-5-20-12-4-3-9(16)7-11(12)15/h3-4,7-8H,2,5-6H2,1H3,(H2,17,18,19). The molecule has 0 saturated heterocycles. The number of anilines is 1. The van der Waals surface area contributed by atoms with E-state index in [4.69, 9.17) is 22.1 Å². The van der Waals surface area contributed by atoms with Crippen molar-refractivity contribution in [3.05, 3.63) is 39.5 Å². The molecule has 4 nitrogen and oxygen atoms in total. The van der Waals surface area contributed by atoms with Crippen LogP contribution in [0.15, 0.2) is 33.9 Å². The molecular weight excluding hydrogens is 374 g/mol. The third kappa shape index (κ3) is 5.05. The van der Waals surface area contributed by atoms with E-state index in [0.29, 0.717) is 22.6 Å². The van der Waals surface area contributed by atoms with Gasteiger partial charge in [0.2, 0.25) is 0 Å². The van der Waals surface area contributed by atoms with Crippen molar-refractivity contribution in [2.75, 3.05) is 18.1 Å². The lowest BCUT2D eigenvalue weighted by Gasteiger charge is -2.08. The Hall–Kier alpha value is -0.980. The first-order valence-corrected chi connectivity index (χ1v) is 8.58. The van der Waals surface area contributed by atoms with Crippen molar-refractivity contribution < 1.29 is 4.74 Å². The van der Waals surface area contributed by atoms with E-state index in [-0.39, 0.29) is 0 Å². The van der Waals surface area contributed by atoms with Gasteiger partial charge in [-0.15, -0.1) is 0 Å². The number of aromatic nitrogens is 2. The normalized spacial score (nSPS) is 10.6. The molecule has 0 spiro atoms. The fourth-order valence-corrected chi connectivity index (χ4v) is 3.11. The molecule has 0 saturated carbocycles. The minimum Gasteiger partial charge on any atom is -0.492 e. The van der Waals surface area contributed by atoms with Crippen LogP contribution in [0.25, 0.3) is 0 Å². The molecule has 1 aromatic heterocycles. The SMILES string of the molecule is CCc1cc(N)nc(SCCOc2ccc(Cl)cc2Br)n1. The molecule has 0 amide bonds. The zero-order chi connectivity index (χ0) is 15.2. The van der Waals surface area contributed by atoms with Gasteiger partial charge in [0, 0.05) is 22.5 Å². The summed E-state index contributed by atoms with van der Waals surface area (Å²) in [7, 11) is 0. The zero-order valence-corrected chi connectivity index (χ0v) is 14.6. The molecule has 0 aliphatic rings. The van der Waals surface area contributed by atoms with Crippen LogP contribution in [0.3, 0.4) is 0 Å². The second-order valence-corrected chi connectivity index (χ2v) is 6.54. The van der Waals surface area contributed by atoms with Gasteiger partial charge < -0.3 is 10.5 Å². The van der Waals surface area contributed by atoms with Gasteiger partial charge >= 0.3 is 0 Å². The Morgan fingerprint density at radius 3 is 2.86 bits per heavy atom. The van der Waals surface area contributed by atoms with Gasteiger partial charge in [-0.1, -0.05) is 30.3 Å². The molecule has 7 heteroatoms. The van der Waals surface area contributed by atoms with Gasteiger partial charge in [-0.2, -0.15) is 0 Å². The third-order valence-corrected chi connectivity index (χ3v) is 4.27. The number of ether oxygens (including phenoxy) is 1. The Kier molecular flexibility index (Phi) is 6.14. The summed E-state index contributed by atoms with van der Waals surface area (Å²) in [5.74, 6) is 2.01. The monoisotopic (exact) mass is 387 g/mol. The highest BCUT2D eigenvalue weighted by Gasteiger charge is 2.04. The smallest absolute Gasteiger partial charge is 0.189 e. The van der Waals surface area contributed by atoms with Gasteiger partial charge in [0.05, 0.1) is 11.1 Å². The number of nitrogens with two attached hydrogens (primary N) is 1. The minimum atomic E-state index is 0.505. The summed E-state index contributed by atoms with van der Waals surface area (Å²) in [4.78, 5) is 8.62. The van der Waals surface area contributed by atoms with Gasteiger partial charge in [-0.05, 0) is 40.5 Å². The molecule has 2 N–H and O–H groups in total. The third-order valence-electron chi connectivity index (χ3n) is 2.61. The van der Waals surface area contributed by atoms with Crippen LogP contribution < -0.4 is 10.5 Å². The second-order valence-electron chi connectivity index (χ2n) is 4.19. The number of nitrogens with zero attached hydrogens (tertiary/aromatic N) is 2. The quantitative estimate of drug-likeness (QED) is 0.456. The van der Waals surface area contributed by atoms with E-state index in [9.17, 15) is 0 Å². The number of halogens is 2. The highest BCUT2D eigenvalue weighted by molar-refractivity contribution is 9.10. The van der Waals surface area contributed by atoms with Gasteiger partial charge in [-0.3, -0.25) is 0 Å². The van der Waals surface area contributed by atoms with Crippen molar-refractivity contribution >= 4 is 45.1 Å². The number of rotatable bonds is 6. The van der Waals surface area contributed by atoms with Crippen LogP contribution in [0.5, 0.6) is 5.75 Å². The van der Waals surface area contributed by atoms with E-state index in [2.05, 4.69) is 25.9 Å². The van der Waals surface area contributed by atoms with E-state index in [1.54, 1.807) is 18.2 Å². The van der Waals surface area contributed by atoms with Gasteiger partial charge in [0.25, 0.3) is 0 Å². The van der Waals surface area contributed by atoms with E-state index in [1.807, 2.05) is 13.0 Å². The predicted octanol–water partition coefficient (Wildman–Crippen LogP) is 4.21. The van der Waals surface area contributed by atoms with Crippen LogP contribution in [0, 0.1) is 0 Å². The number of benzene rings is 1. The highest BCUT2D eigenvalue weighted by Crippen LogP contribution is 2.28. The lowest BCUT2D eigenvalue weighted by molar-refractivity contribution is 0.341. The van der Waals surface area contributed by atoms with Crippen molar-refractivity contribution in [2.24, 2.45) is 0 Å². The van der Waals surface area contributed by atoms with Crippen molar-refractivity contribution in [1.29, 1.82) is 0 Å². The highest BCUT2D eigenvalue weighted by atomic mass is 79.9. The van der Waals surface area contributed by atoms with Gasteiger partial charge in [0.1, 0.15) is 11.6 Å². The van der Waals surface area contributed by atoms with Crippen LogP contribution in [0.2, 0.25) is 5.02 Å². The van der Waals surface area contributed by atoms with Crippen LogP contribution in [-0.2, 0) is 6.42 Å². The van der Waals surface area contributed by atoms with Crippen LogP contribution in [-0.4, -0.2) is 22.3 Å². The number of hydrogen-bond donors (Lipinski definition) is 1. The van der Waals surface area contributed by atoms with Crippen LogP contribution in [0.1, 0.15) is 12.6 Å². The fraction of sp³-hybridized carbons (Fsp3) is 0.286. The number of aryl methyl sites for hydroxylation is 1. The first-order valence-electron chi connectivity index (χ1n) is 6.42. The van der Waals surface area contributed by atoms with Crippen LogP contribution >= 0.6 is 39.3 Å². The largest absolute Gasteiger partial charge is 0.492 e. The lowest BCUT2D eigenvalue weighted by atomic mass is 10.3. The molecule has 0 atom stereocenters. The Morgan fingerprint density at radius 2 is 2.14 bits per heavy atom. The predicted molar refractivity (Wildman–Crippen MR) is 91.2 cm³/mol. The summed E-state index contributed by atoms with van der Waals surface area (Å²) in [6.07, 6.45) is 0.842. The molecule has 0 aliphatic carbocycles. The fourth-order valence-electron chi connectivity index (χ4n) is 1.62. The number of thioether (sulfide) groups is 1. The molecular formula is C14H15BrClN3OS. The number of hydrogen-bond acceptors (Lipinski definition) is 5. The lowest BCUT2D eigenvalue weighted by Crippen LogP contribution is -2.03. The van der Waals surface area contributed by atoms with E-state index in [0.717, 1.165) is 28.1 Å². The van der Waals surface area contributed by atoms with Crippen molar-refractivity contribution in [2.45, 2.75) is 18.5 Å². The van der Waals surface area contributed by atoms with Crippen molar-refractivity contribution in [3.63, 3.8) is 0 Å². The molecule has 0 fully saturated rings. The molecule has 0 bridgehead atoms. The summed E-state index contributed by atoms with van der Waals surface area (Å²) in [6, 6.07) is 7.23. The molecule has 0 radical (unpaired) electrons. The topological polar surface area (TPSA) is 61.0 Å². The van der Waals surface area contributed by atoms with Gasteiger partial charge in [0.15, 0.2) is 5.16 Å². The minimum absolute atomic E-state index is 0.505. The maximum absolute atomic E-state index is 5.88. The van der Waals surface area contributed by atoms with Crippen molar-refractivity contribution in [1.82, 2.24) is 9.97 Å². The summed E-state index contributed by atoms with van der Waals surface area (Å²) >= 11 is 10.8. The molecule has 21 heavy (non-hydrogen) atoms. The Bertz CT molecular complexity index is 627. The Balaban J connectivity index is 1.86. The maximum Gasteiger partial charge on any atom is 0.189 e. The zero-order valence-electron chi connectivity index (χ0n) is 11.5. The molecule has 2 rings (SSSR count). The second kappa shape index (κ2) is 7.87. The first-order chi connectivity index (χ1) is 10.1.